The molecule has 0 heterocycles. The predicted molar refractivity (Wildman–Crippen MR) is 62.8 cm³/mol. The quantitative estimate of drug-likeness (QED) is 0.748. The fraction of sp³-hybridized carbons (Fsp3) is 0.923. The first-order chi connectivity index (χ1) is 7.26. The van der Waals surface area contributed by atoms with Crippen LogP contribution in [0.5, 0.6) is 0 Å². The highest BCUT2D eigenvalue weighted by atomic mass is 16.5. The maximum atomic E-state index is 11.6. The highest BCUT2D eigenvalue weighted by molar-refractivity contribution is 5.77. The molecule has 2 bridgehead atoms. The number of rotatable bonds is 3. The number of nitrogens with two attached hydrogens (primary N) is 1. The molecule has 0 unspecified atom stereocenters. The Kier molecular flexibility index (Phi) is 2.40. The number of hydrogen-bond acceptors (Lipinski definition) is 3. The Morgan fingerprint density at radius 1 is 1.38 bits per heavy atom. The second kappa shape index (κ2) is 3.22. The summed E-state index contributed by atoms with van der Waals surface area (Å²) >= 11 is 0. The molecule has 0 aromatic rings. The number of carbonyl (C=O) groups excluding carboxylic acids is 1. The van der Waals surface area contributed by atoms with Gasteiger partial charge in [0.05, 0.1) is 6.61 Å². The van der Waals surface area contributed by atoms with Gasteiger partial charge in [0, 0.05) is 0 Å². The number of ether oxygens (including phenoxy) is 1. The smallest absolute Gasteiger partial charge is 0.323 e. The van der Waals surface area contributed by atoms with Crippen LogP contribution in [0.25, 0.3) is 0 Å². The van der Waals surface area contributed by atoms with Crippen molar-refractivity contribution in [3.05, 3.63) is 0 Å². The normalized spacial score (nSPS) is 38.3. The van der Waals surface area contributed by atoms with Crippen molar-refractivity contribution in [1.29, 1.82) is 0 Å². The van der Waals surface area contributed by atoms with E-state index in [1.807, 2.05) is 6.92 Å². The van der Waals surface area contributed by atoms with Crippen LogP contribution in [0.2, 0.25) is 0 Å². The van der Waals surface area contributed by atoms with E-state index >= 15 is 0 Å². The summed E-state index contributed by atoms with van der Waals surface area (Å²) in [7, 11) is 0. The lowest BCUT2D eigenvalue weighted by molar-refractivity contribution is -0.268. The third-order valence-electron chi connectivity index (χ3n) is 4.86. The first kappa shape index (κ1) is 11.9. The molecule has 0 radical (unpaired) electrons. The fourth-order valence-corrected chi connectivity index (χ4v) is 3.47. The van der Waals surface area contributed by atoms with E-state index in [0.717, 1.165) is 19.3 Å². The van der Waals surface area contributed by atoms with E-state index in [4.69, 9.17) is 10.5 Å². The summed E-state index contributed by atoms with van der Waals surface area (Å²) in [4.78, 5) is 11.6. The van der Waals surface area contributed by atoms with Crippen molar-refractivity contribution in [2.24, 2.45) is 22.0 Å². The van der Waals surface area contributed by atoms with Gasteiger partial charge in [-0.25, -0.2) is 0 Å². The van der Waals surface area contributed by atoms with Gasteiger partial charge in [-0.05, 0) is 42.4 Å². The van der Waals surface area contributed by atoms with E-state index < -0.39 is 6.04 Å². The molecule has 16 heavy (non-hydrogen) atoms. The summed E-state index contributed by atoms with van der Waals surface area (Å²) in [6, 6.07) is -0.406. The third-order valence-corrected chi connectivity index (χ3v) is 4.86. The summed E-state index contributed by atoms with van der Waals surface area (Å²) in [6.07, 6.45) is 3.30. The van der Waals surface area contributed by atoms with Crippen LogP contribution in [0.1, 0.15) is 47.0 Å². The average Bonchev–Trinajstić information content (AvgIpc) is 1.96. The van der Waals surface area contributed by atoms with Gasteiger partial charge in [-0.2, -0.15) is 0 Å². The molecule has 0 amide bonds. The summed E-state index contributed by atoms with van der Waals surface area (Å²) in [5.41, 5.74) is 6.86. The molecular weight excluding hydrogens is 202 g/mol. The fourth-order valence-electron chi connectivity index (χ4n) is 3.47. The lowest BCUT2D eigenvalue weighted by atomic mass is 9.28. The van der Waals surface area contributed by atoms with Crippen molar-refractivity contribution in [3.63, 3.8) is 0 Å². The van der Waals surface area contributed by atoms with Crippen molar-refractivity contribution in [3.8, 4) is 0 Å². The molecule has 0 aromatic carbocycles. The summed E-state index contributed by atoms with van der Waals surface area (Å²) in [5.74, 6) is -0.218. The Hall–Kier alpha value is -0.570. The van der Waals surface area contributed by atoms with Crippen molar-refractivity contribution >= 4 is 5.97 Å². The maximum Gasteiger partial charge on any atom is 0.323 e. The molecule has 3 nitrogen and oxygen atoms in total. The number of esters is 1. The molecule has 3 aliphatic rings. The van der Waals surface area contributed by atoms with E-state index in [9.17, 15) is 4.79 Å². The maximum absolute atomic E-state index is 11.6. The molecule has 92 valence electrons. The van der Waals surface area contributed by atoms with Gasteiger partial charge in [-0.1, -0.05) is 20.8 Å². The first-order valence-electron chi connectivity index (χ1n) is 6.19. The highest BCUT2D eigenvalue weighted by Gasteiger charge is 2.74. The second-order valence-electron chi connectivity index (χ2n) is 6.65. The molecule has 0 spiro atoms. The van der Waals surface area contributed by atoms with Crippen LogP contribution in [-0.4, -0.2) is 18.6 Å². The highest BCUT2D eigenvalue weighted by Crippen LogP contribution is 2.79. The Labute approximate surface area is 97.7 Å². The molecular formula is C13H23NO2. The minimum absolute atomic E-state index is 0.0690. The van der Waals surface area contributed by atoms with Crippen LogP contribution in [0.15, 0.2) is 0 Å². The van der Waals surface area contributed by atoms with Gasteiger partial charge < -0.3 is 10.5 Å². The summed E-state index contributed by atoms with van der Waals surface area (Å²) in [6.45, 7) is 9.10. The molecule has 2 N–H and O–H groups in total. The predicted octanol–water partition coefficient (Wildman–Crippen LogP) is 2.09. The average molecular weight is 225 g/mol. The molecule has 0 aliphatic heterocycles. The van der Waals surface area contributed by atoms with Gasteiger partial charge in [0.15, 0.2) is 0 Å². The van der Waals surface area contributed by atoms with Gasteiger partial charge in [0.1, 0.15) is 6.04 Å². The molecule has 3 heteroatoms. The molecule has 0 aromatic heterocycles. The molecule has 3 fully saturated rings. The second-order valence-corrected chi connectivity index (χ2v) is 6.65. The van der Waals surface area contributed by atoms with Crippen molar-refractivity contribution in [2.75, 3.05) is 6.61 Å². The van der Waals surface area contributed by atoms with Crippen molar-refractivity contribution < 1.29 is 9.53 Å². The van der Waals surface area contributed by atoms with E-state index in [1.54, 1.807) is 0 Å². The summed E-state index contributed by atoms with van der Waals surface area (Å²) in [5, 5.41) is 0. The van der Waals surface area contributed by atoms with Crippen LogP contribution >= 0.6 is 0 Å². The van der Waals surface area contributed by atoms with E-state index in [0.29, 0.717) is 17.4 Å². The Morgan fingerprint density at radius 2 is 1.88 bits per heavy atom. The lowest BCUT2D eigenvalue weighted by Gasteiger charge is -2.77. The minimum Gasteiger partial charge on any atom is -0.465 e. The third kappa shape index (κ3) is 1.33. The van der Waals surface area contributed by atoms with Gasteiger partial charge >= 0.3 is 5.97 Å². The SMILES string of the molecule is CCOC(=O)[C@@H](N)C12CC(C(C)(C)C)(C1)C2. The van der Waals surface area contributed by atoms with Crippen LogP contribution in [-0.2, 0) is 9.53 Å². The van der Waals surface area contributed by atoms with E-state index in [1.165, 1.54) is 0 Å². The monoisotopic (exact) mass is 225 g/mol. The van der Waals surface area contributed by atoms with Crippen LogP contribution in [0.4, 0.5) is 0 Å². The summed E-state index contributed by atoms with van der Waals surface area (Å²) < 4.78 is 5.00. The minimum atomic E-state index is -0.406. The van der Waals surface area contributed by atoms with Gasteiger partial charge in [0.25, 0.3) is 0 Å². The molecule has 3 rings (SSSR count). The zero-order valence-electron chi connectivity index (χ0n) is 10.8. The zero-order chi connectivity index (χ0) is 12.2. The van der Waals surface area contributed by atoms with Crippen molar-refractivity contribution in [2.45, 2.75) is 53.0 Å². The number of hydrogen-bond donors (Lipinski definition) is 1. The molecule has 3 saturated carbocycles. The molecule has 0 saturated heterocycles. The van der Waals surface area contributed by atoms with Crippen LogP contribution in [0, 0.1) is 16.2 Å². The zero-order valence-corrected chi connectivity index (χ0v) is 10.8. The Bertz CT molecular complexity index is 297. The van der Waals surface area contributed by atoms with Crippen molar-refractivity contribution in [1.82, 2.24) is 0 Å². The molecule has 1 atom stereocenters. The standard InChI is InChI=1S/C13H23NO2/c1-5-16-10(15)9(14)12-6-13(7-12,8-12)11(2,3)4/h9H,5-8,14H2,1-4H3/t9-,12?,13?/m1/s1. The van der Waals surface area contributed by atoms with E-state index in [-0.39, 0.29) is 11.4 Å². The Balaban J connectivity index is 1.96. The van der Waals surface area contributed by atoms with Crippen LogP contribution in [0.3, 0.4) is 0 Å². The lowest BCUT2D eigenvalue weighted by Crippen LogP contribution is -2.74. The largest absolute Gasteiger partial charge is 0.465 e. The van der Waals surface area contributed by atoms with Gasteiger partial charge in [-0.3, -0.25) is 4.79 Å². The Morgan fingerprint density at radius 3 is 2.25 bits per heavy atom. The topological polar surface area (TPSA) is 52.3 Å². The van der Waals surface area contributed by atoms with Gasteiger partial charge in [0.2, 0.25) is 0 Å². The first-order valence-corrected chi connectivity index (χ1v) is 6.19. The van der Waals surface area contributed by atoms with Gasteiger partial charge in [-0.15, -0.1) is 0 Å². The van der Waals surface area contributed by atoms with Crippen LogP contribution < -0.4 is 5.73 Å². The van der Waals surface area contributed by atoms with E-state index in [2.05, 4.69) is 20.8 Å². The number of carbonyl (C=O) groups is 1. The molecule has 3 aliphatic carbocycles.